The summed E-state index contributed by atoms with van der Waals surface area (Å²) in [5, 5.41) is 0. The molecule has 1 aliphatic carbocycles. The monoisotopic (exact) mass is 253 g/mol. The van der Waals surface area contributed by atoms with Crippen molar-refractivity contribution in [1.29, 1.82) is 0 Å². The Kier molecular flexibility index (Phi) is 3.84. The van der Waals surface area contributed by atoms with E-state index >= 15 is 0 Å². The lowest BCUT2D eigenvalue weighted by molar-refractivity contribution is 0.498. The first kappa shape index (κ1) is 12.6. The maximum Gasteiger partial charge on any atom is 0.240 e. The van der Waals surface area contributed by atoms with E-state index in [1.54, 1.807) is 24.3 Å². The molecular weight excluding hydrogens is 234 g/mol. The molecule has 4 heteroatoms. The van der Waals surface area contributed by atoms with Crippen molar-refractivity contribution in [2.45, 2.75) is 31.1 Å². The molecule has 2 rings (SSSR count). The average molecular weight is 253 g/mol. The van der Waals surface area contributed by atoms with Gasteiger partial charge in [-0.3, -0.25) is 0 Å². The Morgan fingerprint density at radius 3 is 2.53 bits per heavy atom. The molecule has 0 saturated heterocycles. The van der Waals surface area contributed by atoms with E-state index in [0.717, 1.165) is 18.8 Å². The minimum Gasteiger partial charge on any atom is -0.211 e. The molecule has 0 radical (unpaired) electrons. The lowest BCUT2D eigenvalue weighted by atomic mass is 10.1. The van der Waals surface area contributed by atoms with Crippen molar-refractivity contribution in [3.05, 3.63) is 30.3 Å². The maximum atomic E-state index is 12.0. The third kappa shape index (κ3) is 3.30. The molecule has 1 aromatic carbocycles. The summed E-state index contributed by atoms with van der Waals surface area (Å²) in [6, 6.07) is 8.55. The van der Waals surface area contributed by atoms with Gasteiger partial charge < -0.3 is 0 Å². The van der Waals surface area contributed by atoms with E-state index in [2.05, 4.69) is 11.6 Å². The van der Waals surface area contributed by atoms with Gasteiger partial charge in [-0.2, -0.15) is 0 Å². The van der Waals surface area contributed by atoms with Crippen LogP contribution in [0.25, 0.3) is 0 Å². The number of benzene rings is 1. The molecule has 0 aliphatic heterocycles. The van der Waals surface area contributed by atoms with Crippen LogP contribution >= 0.6 is 0 Å². The highest BCUT2D eigenvalue weighted by Crippen LogP contribution is 2.29. The number of rotatable bonds is 4. The molecule has 1 aromatic rings. The van der Waals surface area contributed by atoms with Crippen LogP contribution in [0.1, 0.15) is 26.2 Å². The van der Waals surface area contributed by atoms with E-state index in [9.17, 15) is 8.42 Å². The fraction of sp³-hybridized carbons (Fsp3) is 0.538. The highest BCUT2D eigenvalue weighted by molar-refractivity contribution is 7.89. The van der Waals surface area contributed by atoms with Crippen LogP contribution in [0.2, 0.25) is 0 Å². The first-order valence-corrected chi connectivity index (χ1v) is 7.61. The smallest absolute Gasteiger partial charge is 0.211 e. The zero-order valence-corrected chi connectivity index (χ0v) is 10.9. The van der Waals surface area contributed by atoms with E-state index < -0.39 is 10.0 Å². The molecule has 0 spiro atoms. The van der Waals surface area contributed by atoms with Gasteiger partial charge in [-0.05, 0) is 36.8 Å². The lowest BCUT2D eigenvalue weighted by Crippen LogP contribution is -2.28. The van der Waals surface area contributed by atoms with Gasteiger partial charge in [0.2, 0.25) is 10.0 Å². The molecule has 1 N–H and O–H groups in total. The third-order valence-electron chi connectivity index (χ3n) is 3.42. The number of hydrogen-bond donors (Lipinski definition) is 1. The van der Waals surface area contributed by atoms with Gasteiger partial charge >= 0.3 is 0 Å². The molecule has 0 amide bonds. The third-order valence-corrected chi connectivity index (χ3v) is 4.86. The second-order valence-electron chi connectivity index (χ2n) is 4.95. The Morgan fingerprint density at radius 1 is 1.24 bits per heavy atom. The van der Waals surface area contributed by atoms with Crippen LogP contribution < -0.4 is 4.72 Å². The zero-order valence-electron chi connectivity index (χ0n) is 10.1. The molecule has 2 atom stereocenters. The van der Waals surface area contributed by atoms with Gasteiger partial charge in [0, 0.05) is 6.54 Å². The molecule has 2 unspecified atom stereocenters. The van der Waals surface area contributed by atoms with Crippen LogP contribution in [-0.2, 0) is 10.0 Å². The van der Waals surface area contributed by atoms with Crippen molar-refractivity contribution in [1.82, 2.24) is 4.72 Å². The van der Waals surface area contributed by atoms with Gasteiger partial charge in [-0.15, -0.1) is 0 Å². The van der Waals surface area contributed by atoms with E-state index in [1.165, 1.54) is 6.42 Å². The van der Waals surface area contributed by atoms with Gasteiger partial charge in [-0.1, -0.05) is 31.5 Å². The predicted octanol–water partition coefficient (Wildman–Crippen LogP) is 2.40. The summed E-state index contributed by atoms with van der Waals surface area (Å²) in [6.45, 7) is 2.80. The summed E-state index contributed by atoms with van der Waals surface area (Å²) in [5.41, 5.74) is 0. The molecule has 0 bridgehead atoms. The topological polar surface area (TPSA) is 46.2 Å². The van der Waals surface area contributed by atoms with Crippen LogP contribution in [0, 0.1) is 11.8 Å². The van der Waals surface area contributed by atoms with E-state index in [1.807, 2.05) is 6.07 Å². The Hall–Kier alpha value is -0.870. The first-order valence-electron chi connectivity index (χ1n) is 6.12. The maximum absolute atomic E-state index is 12.0. The quantitative estimate of drug-likeness (QED) is 0.895. The van der Waals surface area contributed by atoms with Crippen LogP contribution in [0.5, 0.6) is 0 Å². The Bertz CT molecular complexity index is 456. The first-order chi connectivity index (χ1) is 8.08. The second kappa shape index (κ2) is 5.19. The highest BCUT2D eigenvalue weighted by Gasteiger charge is 2.23. The van der Waals surface area contributed by atoms with E-state index in [0.29, 0.717) is 17.4 Å². The van der Waals surface area contributed by atoms with E-state index in [-0.39, 0.29) is 0 Å². The largest absolute Gasteiger partial charge is 0.240 e. The summed E-state index contributed by atoms with van der Waals surface area (Å²) in [4.78, 5) is 0.353. The molecular formula is C13H19NO2S. The minimum atomic E-state index is -3.32. The zero-order chi connectivity index (χ0) is 12.3. The summed E-state index contributed by atoms with van der Waals surface area (Å²) in [6.07, 6.45) is 3.49. The van der Waals surface area contributed by atoms with E-state index in [4.69, 9.17) is 0 Å². The number of sulfonamides is 1. The summed E-state index contributed by atoms with van der Waals surface area (Å²) >= 11 is 0. The fourth-order valence-corrected chi connectivity index (χ4v) is 3.56. The van der Waals surface area contributed by atoms with Gasteiger partial charge in [0.1, 0.15) is 0 Å². The van der Waals surface area contributed by atoms with Crippen LogP contribution in [-0.4, -0.2) is 15.0 Å². The molecule has 94 valence electrons. The van der Waals surface area contributed by atoms with Crippen molar-refractivity contribution >= 4 is 10.0 Å². The van der Waals surface area contributed by atoms with Gasteiger partial charge in [-0.25, -0.2) is 13.1 Å². The van der Waals surface area contributed by atoms with Crippen molar-refractivity contribution in [2.75, 3.05) is 6.54 Å². The Balaban J connectivity index is 1.95. The Labute approximate surface area is 103 Å². The number of nitrogens with one attached hydrogen (secondary N) is 1. The van der Waals surface area contributed by atoms with Crippen molar-refractivity contribution in [3.63, 3.8) is 0 Å². The van der Waals surface area contributed by atoms with Crippen molar-refractivity contribution in [3.8, 4) is 0 Å². The summed E-state index contributed by atoms with van der Waals surface area (Å²) < 4.78 is 26.6. The predicted molar refractivity (Wildman–Crippen MR) is 68.1 cm³/mol. The molecule has 0 aromatic heterocycles. The summed E-state index contributed by atoms with van der Waals surface area (Å²) in [7, 11) is -3.32. The standard InChI is InChI=1S/C13H19NO2S/c1-11-7-8-12(9-11)10-14-17(15,16)13-5-3-2-4-6-13/h2-6,11-12,14H,7-10H2,1H3. The molecule has 1 saturated carbocycles. The SMILES string of the molecule is CC1CCC(CNS(=O)(=O)c2ccccc2)C1. The van der Waals surface area contributed by atoms with Crippen molar-refractivity contribution < 1.29 is 8.42 Å². The number of hydrogen-bond acceptors (Lipinski definition) is 2. The van der Waals surface area contributed by atoms with Gasteiger partial charge in [0.25, 0.3) is 0 Å². The average Bonchev–Trinajstić information content (AvgIpc) is 2.74. The van der Waals surface area contributed by atoms with Crippen molar-refractivity contribution in [2.24, 2.45) is 11.8 Å². The normalized spacial score (nSPS) is 25.0. The van der Waals surface area contributed by atoms with Crippen LogP contribution in [0.3, 0.4) is 0 Å². The minimum absolute atomic E-state index is 0.353. The second-order valence-corrected chi connectivity index (χ2v) is 6.72. The van der Waals surface area contributed by atoms with Crippen LogP contribution in [0.15, 0.2) is 35.2 Å². The molecule has 1 aliphatic rings. The lowest BCUT2D eigenvalue weighted by Gasteiger charge is -2.11. The molecule has 17 heavy (non-hydrogen) atoms. The molecule has 1 fully saturated rings. The highest BCUT2D eigenvalue weighted by atomic mass is 32.2. The van der Waals surface area contributed by atoms with Crippen LogP contribution in [0.4, 0.5) is 0 Å². The Morgan fingerprint density at radius 2 is 1.94 bits per heavy atom. The summed E-state index contributed by atoms with van der Waals surface area (Å²) in [5.74, 6) is 1.24. The fourth-order valence-electron chi connectivity index (χ4n) is 2.42. The molecule has 0 heterocycles. The molecule has 3 nitrogen and oxygen atoms in total. The van der Waals surface area contributed by atoms with Gasteiger partial charge in [0.05, 0.1) is 4.90 Å². The van der Waals surface area contributed by atoms with Gasteiger partial charge in [0.15, 0.2) is 0 Å².